The Labute approximate surface area is 151 Å². The largest absolute Gasteiger partial charge is 0.478 e. The fourth-order valence-corrected chi connectivity index (χ4v) is 2.84. The first-order valence-corrected chi connectivity index (χ1v) is 8.37. The molecule has 2 heterocycles. The number of hydrogen-bond donors (Lipinski definition) is 1. The number of esters is 1. The van der Waals surface area contributed by atoms with Crippen molar-refractivity contribution in [1.29, 1.82) is 0 Å². The van der Waals surface area contributed by atoms with Crippen LogP contribution in [-0.4, -0.2) is 46.3 Å². The number of imidazole rings is 1. The molecule has 26 heavy (non-hydrogen) atoms. The molecule has 1 aliphatic rings. The van der Waals surface area contributed by atoms with Gasteiger partial charge < -0.3 is 24.0 Å². The number of fused-ring (bicyclic) bond motifs is 1. The molecule has 0 saturated heterocycles. The minimum Gasteiger partial charge on any atom is -0.478 e. The summed E-state index contributed by atoms with van der Waals surface area (Å²) in [6, 6.07) is 5.16. The van der Waals surface area contributed by atoms with Crippen LogP contribution in [0, 0.1) is 0 Å². The lowest BCUT2D eigenvalue weighted by molar-refractivity contribution is -0.147. The molecule has 138 valence electrons. The number of nitrogens with zero attached hydrogens (tertiary/aromatic N) is 3. The summed E-state index contributed by atoms with van der Waals surface area (Å²) in [5.74, 6) is -0.318. The lowest BCUT2D eigenvalue weighted by atomic mass is 10.1. The fraction of sp³-hybridized carbons (Fsp3) is 0.389. The monoisotopic (exact) mass is 359 g/mol. The highest BCUT2D eigenvalue weighted by molar-refractivity contribution is 6.01. The number of likely N-dealkylation sites (N-methyl/N-ethyl adjacent to an activating group) is 1. The van der Waals surface area contributed by atoms with Gasteiger partial charge in [0.2, 0.25) is 0 Å². The van der Waals surface area contributed by atoms with E-state index in [1.165, 1.54) is 4.90 Å². The average Bonchev–Trinajstić information content (AvgIpc) is 3.12. The summed E-state index contributed by atoms with van der Waals surface area (Å²) in [6.07, 6.45) is 3.23. The SMILES string of the molecule is CCOC(=O)CC1Oc2ccc(C(O)Cn3ccnc3)cc2N(C)C1=O. The minimum atomic E-state index is -0.909. The first-order valence-electron chi connectivity index (χ1n) is 8.37. The van der Waals surface area contributed by atoms with Gasteiger partial charge in [0.1, 0.15) is 5.75 Å². The molecular weight excluding hydrogens is 338 g/mol. The first-order chi connectivity index (χ1) is 12.5. The van der Waals surface area contributed by atoms with Crippen molar-refractivity contribution in [2.24, 2.45) is 0 Å². The Morgan fingerprint density at radius 2 is 2.27 bits per heavy atom. The van der Waals surface area contributed by atoms with E-state index in [9.17, 15) is 14.7 Å². The number of carbonyl (C=O) groups is 2. The second-order valence-corrected chi connectivity index (χ2v) is 6.02. The molecule has 3 rings (SSSR count). The van der Waals surface area contributed by atoms with Crippen molar-refractivity contribution >= 4 is 17.6 Å². The van der Waals surface area contributed by atoms with Gasteiger partial charge in [0, 0.05) is 19.4 Å². The van der Waals surface area contributed by atoms with Gasteiger partial charge >= 0.3 is 5.97 Å². The number of amides is 1. The van der Waals surface area contributed by atoms with Crippen LogP contribution in [0.3, 0.4) is 0 Å². The van der Waals surface area contributed by atoms with Gasteiger partial charge in [0.15, 0.2) is 6.10 Å². The predicted octanol–water partition coefficient (Wildman–Crippen LogP) is 1.29. The summed E-state index contributed by atoms with van der Waals surface area (Å²) in [4.78, 5) is 29.5. The van der Waals surface area contributed by atoms with E-state index in [0.29, 0.717) is 23.5 Å². The third kappa shape index (κ3) is 3.70. The summed E-state index contributed by atoms with van der Waals surface area (Å²) in [5.41, 5.74) is 1.21. The van der Waals surface area contributed by atoms with Crippen LogP contribution in [0.5, 0.6) is 5.75 Å². The van der Waals surface area contributed by atoms with E-state index in [1.54, 1.807) is 55.5 Å². The van der Waals surface area contributed by atoms with Crippen LogP contribution < -0.4 is 9.64 Å². The van der Waals surface area contributed by atoms with Crippen molar-refractivity contribution in [2.75, 3.05) is 18.6 Å². The van der Waals surface area contributed by atoms with Crippen LogP contribution >= 0.6 is 0 Å². The van der Waals surface area contributed by atoms with Crippen molar-refractivity contribution in [1.82, 2.24) is 9.55 Å². The number of anilines is 1. The fourth-order valence-electron chi connectivity index (χ4n) is 2.84. The Bertz CT molecular complexity index is 790. The van der Waals surface area contributed by atoms with Crippen LogP contribution in [0.15, 0.2) is 36.9 Å². The molecule has 1 amide bonds. The second-order valence-electron chi connectivity index (χ2n) is 6.02. The number of ether oxygens (including phenoxy) is 2. The molecule has 8 nitrogen and oxygen atoms in total. The normalized spacial score (nSPS) is 17.4. The van der Waals surface area contributed by atoms with Crippen molar-refractivity contribution in [3.8, 4) is 5.75 Å². The minimum absolute atomic E-state index is 0.137. The number of aliphatic hydroxyl groups is 1. The van der Waals surface area contributed by atoms with Crippen molar-refractivity contribution in [3.63, 3.8) is 0 Å². The van der Waals surface area contributed by atoms with E-state index in [4.69, 9.17) is 9.47 Å². The zero-order chi connectivity index (χ0) is 18.7. The van der Waals surface area contributed by atoms with E-state index < -0.39 is 18.2 Å². The maximum Gasteiger partial charge on any atom is 0.310 e. The molecule has 1 N–H and O–H groups in total. The topological polar surface area (TPSA) is 93.9 Å². The number of hydrogen-bond acceptors (Lipinski definition) is 6. The number of rotatable bonds is 6. The number of aliphatic hydroxyl groups excluding tert-OH is 1. The molecule has 0 radical (unpaired) electrons. The Morgan fingerprint density at radius 3 is 2.96 bits per heavy atom. The molecule has 0 saturated carbocycles. The highest BCUT2D eigenvalue weighted by atomic mass is 16.5. The van der Waals surface area contributed by atoms with E-state index in [1.807, 2.05) is 0 Å². The van der Waals surface area contributed by atoms with Crippen LogP contribution in [0.25, 0.3) is 0 Å². The molecule has 0 bridgehead atoms. The molecule has 2 aromatic rings. The summed E-state index contributed by atoms with van der Waals surface area (Å²) >= 11 is 0. The Morgan fingerprint density at radius 1 is 1.46 bits per heavy atom. The van der Waals surface area contributed by atoms with Gasteiger partial charge in [-0.05, 0) is 24.6 Å². The van der Waals surface area contributed by atoms with Crippen LogP contribution in [0.1, 0.15) is 25.0 Å². The van der Waals surface area contributed by atoms with Gasteiger partial charge in [-0.25, -0.2) is 4.98 Å². The van der Waals surface area contributed by atoms with Crippen molar-refractivity contribution < 1.29 is 24.2 Å². The molecule has 0 fully saturated rings. The number of benzene rings is 1. The van der Waals surface area contributed by atoms with Crippen LogP contribution in [-0.2, 0) is 20.9 Å². The zero-order valence-corrected chi connectivity index (χ0v) is 14.7. The third-order valence-corrected chi connectivity index (χ3v) is 4.20. The van der Waals surface area contributed by atoms with Crippen molar-refractivity contribution in [2.45, 2.75) is 32.1 Å². The maximum atomic E-state index is 12.5. The van der Waals surface area contributed by atoms with Crippen LogP contribution in [0.4, 0.5) is 5.69 Å². The molecule has 1 aromatic carbocycles. The third-order valence-electron chi connectivity index (χ3n) is 4.20. The van der Waals surface area contributed by atoms with Crippen molar-refractivity contribution in [3.05, 3.63) is 42.5 Å². The van der Waals surface area contributed by atoms with E-state index in [-0.39, 0.29) is 18.9 Å². The molecule has 1 aliphatic heterocycles. The van der Waals surface area contributed by atoms with Gasteiger partial charge in [0.25, 0.3) is 5.91 Å². The van der Waals surface area contributed by atoms with Gasteiger partial charge in [0.05, 0.1) is 37.7 Å². The van der Waals surface area contributed by atoms with E-state index in [2.05, 4.69) is 4.98 Å². The van der Waals surface area contributed by atoms with Crippen LogP contribution in [0.2, 0.25) is 0 Å². The summed E-state index contributed by atoms with van der Waals surface area (Å²) in [5, 5.41) is 10.4. The summed E-state index contributed by atoms with van der Waals surface area (Å²) in [6.45, 7) is 2.31. The van der Waals surface area contributed by atoms with E-state index >= 15 is 0 Å². The summed E-state index contributed by atoms with van der Waals surface area (Å²) in [7, 11) is 1.62. The number of carbonyl (C=O) groups excluding carboxylic acids is 2. The highest BCUT2D eigenvalue weighted by Crippen LogP contribution is 2.36. The molecule has 1 aromatic heterocycles. The Hall–Kier alpha value is -2.87. The lowest BCUT2D eigenvalue weighted by Gasteiger charge is -2.32. The second kappa shape index (κ2) is 7.57. The Balaban J connectivity index is 1.77. The maximum absolute atomic E-state index is 12.5. The number of aromatic nitrogens is 2. The van der Waals surface area contributed by atoms with Gasteiger partial charge in [-0.2, -0.15) is 0 Å². The first kappa shape index (κ1) is 17.9. The summed E-state index contributed by atoms with van der Waals surface area (Å²) < 4.78 is 12.3. The average molecular weight is 359 g/mol. The Kier molecular flexibility index (Phi) is 5.22. The van der Waals surface area contributed by atoms with Gasteiger partial charge in [-0.1, -0.05) is 6.07 Å². The van der Waals surface area contributed by atoms with Gasteiger partial charge in [-0.3, -0.25) is 9.59 Å². The zero-order valence-electron chi connectivity index (χ0n) is 14.7. The smallest absolute Gasteiger partial charge is 0.310 e. The molecule has 2 unspecified atom stereocenters. The molecular formula is C18H21N3O5. The lowest BCUT2D eigenvalue weighted by Crippen LogP contribution is -2.45. The quantitative estimate of drug-likeness (QED) is 0.781. The standard InChI is InChI=1S/C18H21N3O5/c1-3-25-17(23)9-16-18(24)20(2)13-8-12(4-5-15(13)26-16)14(22)10-21-7-6-19-11-21/h4-8,11,14,16,22H,3,9-10H2,1-2H3. The molecule has 0 spiro atoms. The molecule has 0 aliphatic carbocycles. The predicted molar refractivity (Wildman–Crippen MR) is 92.7 cm³/mol. The highest BCUT2D eigenvalue weighted by Gasteiger charge is 2.34. The molecule has 2 atom stereocenters. The van der Waals surface area contributed by atoms with E-state index in [0.717, 1.165) is 0 Å². The van der Waals surface area contributed by atoms with Gasteiger partial charge in [-0.15, -0.1) is 0 Å². The molecule has 8 heteroatoms.